The number of thiophene rings is 1. The molecule has 2 heterocycles. The van der Waals surface area contributed by atoms with E-state index >= 15 is 0 Å². The zero-order valence-electron chi connectivity index (χ0n) is 12.8. The number of rotatable bonds is 4. The van der Waals surface area contributed by atoms with Crippen molar-refractivity contribution in [2.45, 2.75) is 31.8 Å². The van der Waals surface area contributed by atoms with E-state index < -0.39 is 6.10 Å². The molecule has 0 unspecified atom stereocenters. The molecule has 0 aliphatic carbocycles. The van der Waals surface area contributed by atoms with Crippen molar-refractivity contribution in [3.8, 4) is 5.75 Å². The number of piperidine rings is 1. The van der Waals surface area contributed by atoms with Crippen molar-refractivity contribution < 1.29 is 9.53 Å². The number of hydrogen-bond donors (Lipinski definition) is 0. The number of carbonyl (C=O) groups excluding carboxylic acids is 1. The fraction of sp³-hybridized carbons (Fsp3) is 0.389. The van der Waals surface area contributed by atoms with Crippen LogP contribution >= 0.6 is 11.3 Å². The third kappa shape index (κ3) is 3.50. The Balaban J connectivity index is 1.53. The lowest BCUT2D eigenvalue weighted by Crippen LogP contribution is -2.44. The molecule has 4 heteroatoms. The predicted octanol–water partition coefficient (Wildman–Crippen LogP) is 3.92. The van der Waals surface area contributed by atoms with Gasteiger partial charge >= 0.3 is 0 Å². The van der Waals surface area contributed by atoms with Gasteiger partial charge in [0, 0.05) is 18.0 Å². The molecule has 0 spiro atoms. The summed E-state index contributed by atoms with van der Waals surface area (Å²) in [6, 6.07) is 13.8. The van der Waals surface area contributed by atoms with Crippen LogP contribution in [0.1, 0.15) is 30.6 Å². The Morgan fingerprint density at radius 1 is 1.18 bits per heavy atom. The fourth-order valence-corrected chi connectivity index (χ4v) is 3.82. The quantitative estimate of drug-likeness (QED) is 0.856. The first-order valence-corrected chi connectivity index (χ1v) is 8.66. The Hall–Kier alpha value is -1.81. The van der Waals surface area contributed by atoms with Gasteiger partial charge < -0.3 is 9.64 Å². The number of ether oxygens (including phenoxy) is 1. The minimum absolute atomic E-state index is 0.0912. The maximum atomic E-state index is 12.5. The molecular weight excluding hydrogens is 294 g/mol. The van der Waals surface area contributed by atoms with Gasteiger partial charge in [0.05, 0.1) is 0 Å². The SMILES string of the molecule is C[C@H](Oc1ccccc1)C(=O)N1CCC(c2cccs2)CC1. The average molecular weight is 315 g/mol. The van der Waals surface area contributed by atoms with Crippen molar-refractivity contribution in [3.05, 3.63) is 52.7 Å². The lowest BCUT2D eigenvalue weighted by Gasteiger charge is -2.33. The lowest BCUT2D eigenvalue weighted by atomic mass is 9.95. The number of nitrogens with zero attached hydrogens (tertiary/aromatic N) is 1. The summed E-state index contributed by atoms with van der Waals surface area (Å²) >= 11 is 1.82. The first-order chi connectivity index (χ1) is 10.7. The van der Waals surface area contributed by atoms with Gasteiger partial charge in [-0.2, -0.15) is 0 Å². The molecule has 1 saturated heterocycles. The number of likely N-dealkylation sites (tertiary alicyclic amines) is 1. The van der Waals surface area contributed by atoms with Gasteiger partial charge in [-0.1, -0.05) is 24.3 Å². The average Bonchev–Trinajstić information content (AvgIpc) is 3.10. The van der Waals surface area contributed by atoms with E-state index in [0.717, 1.165) is 31.7 Å². The van der Waals surface area contributed by atoms with E-state index in [9.17, 15) is 4.79 Å². The van der Waals surface area contributed by atoms with Gasteiger partial charge in [-0.3, -0.25) is 4.79 Å². The van der Waals surface area contributed by atoms with Crippen LogP contribution in [-0.4, -0.2) is 30.0 Å². The minimum Gasteiger partial charge on any atom is -0.481 e. The maximum Gasteiger partial charge on any atom is 0.263 e. The highest BCUT2D eigenvalue weighted by Crippen LogP contribution is 2.31. The molecule has 1 fully saturated rings. The van der Waals surface area contributed by atoms with E-state index in [0.29, 0.717) is 5.92 Å². The molecule has 1 aromatic carbocycles. The molecule has 0 saturated carbocycles. The summed E-state index contributed by atoms with van der Waals surface area (Å²) in [6.45, 7) is 3.48. The largest absolute Gasteiger partial charge is 0.481 e. The van der Waals surface area contributed by atoms with Crippen molar-refractivity contribution >= 4 is 17.2 Å². The van der Waals surface area contributed by atoms with E-state index in [1.54, 1.807) is 0 Å². The van der Waals surface area contributed by atoms with Crippen molar-refractivity contribution in [2.24, 2.45) is 0 Å². The molecule has 22 heavy (non-hydrogen) atoms. The first kappa shape index (κ1) is 15.1. The van der Waals surface area contributed by atoms with Crippen LogP contribution in [0.3, 0.4) is 0 Å². The predicted molar refractivity (Wildman–Crippen MR) is 89.4 cm³/mol. The molecule has 3 nitrogen and oxygen atoms in total. The van der Waals surface area contributed by atoms with Crippen molar-refractivity contribution in [3.63, 3.8) is 0 Å². The highest BCUT2D eigenvalue weighted by atomic mass is 32.1. The van der Waals surface area contributed by atoms with Crippen LogP contribution in [0.5, 0.6) is 5.75 Å². The normalized spacial score (nSPS) is 17.2. The summed E-state index contributed by atoms with van der Waals surface area (Å²) < 4.78 is 5.74. The third-order valence-corrected chi connectivity index (χ3v) is 5.19. The highest BCUT2D eigenvalue weighted by molar-refractivity contribution is 7.10. The summed E-state index contributed by atoms with van der Waals surface area (Å²) in [4.78, 5) is 15.9. The van der Waals surface area contributed by atoms with Crippen molar-refractivity contribution in [1.29, 1.82) is 0 Å². The zero-order chi connectivity index (χ0) is 15.4. The molecule has 1 amide bonds. The molecule has 1 atom stereocenters. The van der Waals surface area contributed by atoms with Crippen LogP contribution in [0.25, 0.3) is 0 Å². The summed E-state index contributed by atoms with van der Waals surface area (Å²) in [5.41, 5.74) is 0. The van der Waals surface area contributed by atoms with Crippen LogP contribution in [0.4, 0.5) is 0 Å². The van der Waals surface area contributed by atoms with Crippen LogP contribution < -0.4 is 4.74 Å². The van der Waals surface area contributed by atoms with Crippen LogP contribution in [-0.2, 0) is 4.79 Å². The number of benzene rings is 1. The summed E-state index contributed by atoms with van der Waals surface area (Å²) in [6.07, 6.45) is 1.66. The number of amides is 1. The Morgan fingerprint density at radius 3 is 2.55 bits per heavy atom. The van der Waals surface area contributed by atoms with Gasteiger partial charge in [0.15, 0.2) is 6.10 Å². The molecule has 1 aromatic heterocycles. The van der Waals surface area contributed by atoms with Crippen molar-refractivity contribution in [2.75, 3.05) is 13.1 Å². The van der Waals surface area contributed by atoms with Gasteiger partial charge in [0.2, 0.25) is 0 Å². The Labute approximate surface area is 135 Å². The van der Waals surface area contributed by atoms with Gasteiger partial charge in [0.25, 0.3) is 5.91 Å². The summed E-state index contributed by atoms with van der Waals surface area (Å²) in [7, 11) is 0. The van der Waals surface area contributed by atoms with Gasteiger partial charge in [-0.25, -0.2) is 0 Å². The maximum absolute atomic E-state index is 12.5. The first-order valence-electron chi connectivity index (χ1n) is 7.78. The highest BCUT2D eigenvalue weighted by Gasteiger charge is 2.27. The standard InChI is InChI=1S/C18H21NO2S/c1-14(21-16-6-3-2-4-7-16)18(20)19-11-9-15(10-12-19)17-8-5-13-22-17/h2-8,13-15H,9-12H2,1H3/t14-/m0/s1. The Kier molecular flexibility index (Phi) is 4.78. The minimum atomic E-state index is -0.430. The molecule has 3 rings (SSSR count). The fourth-order valence-electron chi connectivity index (χ4n) is 2.92. The van der Waals surface area contributed by atoms with Crippen LogP contribution in [0, 0.1) is 0 Å². The third-order valence-electron chi connectivity index (χ3n) is 4.16. The van der Waals surface area contributed by atoms with E-state index in [4.69, 9.17) is 4.74 Å². The lowest BCUT2D eigenvalue weighted by molar-refractivity contribution is -0.139. The number of carbonyl (C=O) groups is 1. The topological polar surface area (TPSA) is 29.5 Å². The Bertz CT molecular complexity index is 589. The van der Waals surface area contributed by atoms with Gasteiger partial charge in [0.1, 0.15) is 5.75 Å². The second kappa shape index (κ2) is 6.97. The Morgan fingerprint density at radius 2 is 1.91 bits per heavy atom. The summed E-state index contributed by atoms with van der Waals surface area (Å²) in [5.74, 6) is 1.44. The molecule has 0 bridgehead atoms. The number of para-hydroxylation sites is 1. The van der Waals surface area contributed by atoms with E-state index in [2.05, 4.69) is 17.5 Å². The number of hydrogen-bond acceptors (Lipinski definition) is 3. The molecule has 2 aromatic rings. The van der Waals surface area contributed by atoms with Crippen LogP contribution in [0.15, 0.2) is 47.8 Å². The van der Waals surface area contributed by atoms with Gasteiger partial charge in [-0.15, -0.1) is 11.3 Å². The molecule has 116 valence electrons. The molecule has 0 radical (unpaired) electrons. The van der Waals surface area contributed by atoms with E-state index in [1.165, 1.54) is 4.88 Å². The monoisotopic (exact) mass is 315 g/mol. The smallest absolute Gasteiger partial charge is 0.263 e. The molecule has 1 aliphatic heterocycles. The van der Waals surface area contributed by atoms with Crippen molar-refractivity contribution in [1.82, 2.24) is 4.90 Å². The van der Waals surface area contributed by atoms with E-state index in [-0.39, 0.29) is 5.91 Å². The molecule has 0 N–H and O–H groups in total. The molecular formula is C18H21NO2S. The zero-order valence-corrected chi connectivity index (χ0v) is 13.6. The molecule has 1 aliphatic rings. The van der Waals surface area contributed by atoms with Crippen LogP contribution in [0.2, 0.25) is 0 Å². The summed E-state index contributed by atoms with van der Waals surface area (Å²) in [5, 5.41) is 2.13. The van der Waals surface area contributed by atoms with E-state index in [1.807, 2.05) is 53.5 Å². The second-order valence-corrected chi connectivity index (χ2v) is 6.67. The second-order valence-electron chi connectivity index (χ2n) is 5.69. The van der Waals surface area contributed by atoms with Gasteiger partial charge in [-0.05, 0) is 49.3 Å².